The van der Waals surface area contributed by atoms with Gasteiger partial charge in [0.2, 0.25) is 11.8 Å². The third-order valence-corrected chi connectivity index (χ3v) is 4.41. The van der Waals surface area contributed by atoms with Crippen LogP contribution >= 0.6 is 11.6 Å². The maximum atomic E-state index is 12.0. The summed E-state index contributed by atoms with van der Waals surface area (Å²) in [5, 5.41) is 15.1. The summed E-state index contributed by atoms with van der Waals surface area (Å²) < 4.78 is 0. The largest absolute Gasteiger partial charge is 0.481 e. The number of nitrogens with one attached hydrogen (secondary N) is 2. The second-order valence-electron chi connectivity index (χ2n) is 5.99. The van der Waals surface area contributed by atoms with Crippen molar-refractivity contribution in [3.8, 4) is 0 Å². The summed E-state index contributed by atoms with van der Waals surface area (Å²) in [6.45, 7) is 0.404. The summed E-state index contributed by atoms with van der Waals surface area (Å²) >= 11 is 5.77. The van der Waals surface area contributed by atoms with Crippen LogP contribution in [0.15, 0.2) is 24.3 Å². The lowest BCUT2D eigenvalue weighted by Crippen LogP contribution is -2.31. The summed E-state index contributed by atoms with van der Waals surface area (Å²) in [6, 6.07) is 6.84. The first-order valence-corrected chi connectivity index (χ1v) is 8.39. The van der Waals surface area contributed by atoms with Crippen molar-refractivity contribution < 1.29 is 19.5 Å². The normalized spacial score (nSPS) is 19.7. The zero-order valence-corrected chi connectivity index (χ0v) is 14.0. The molecule has 1 aromatic carbocycles. The second kappa shape index (κ2) is 8.68. The van der Waals surface area contributed by atoms with Gasteiger partial charge in [-0.05, 0) is 49.9 Å². The quantitative estimate of drug-likeness (QED) is 0.657. The molecular formula is C17H21ClN2O4. The van der Waals surface area contributed by atoms with Gasteiger partial charge in [0.1, 0.15) is 0 Å². The van der Waals surface area contributed by atoms with E-state index in [-0.39, 0.29) is 17.7 Å². The lowest BCUT2D eigenvalue weighted by molar-refractivity contribution is -0.141. The lowest BCUT2D eigenvalue weighted by Gasteiger charge is -2.11. The minimum absolute atomic E-state index is 0.114. The number of hydrogen-bond donors (Lipinski definition) is 3. The van der Waals surface area contributed by atoms with Gasteiger partial charge in [-0.15, -0.1) is 0 Å². The van der Waals surface area contributed by atoms with E-state index in [1.165, 1.54) is 0 Å². The Morgan fingerprint density at radius 3 is 2.42 bits per heavy atom. The molecule has 0 unspecified atom stereocenters. The number of aliphatic carboxylic acids is 1. The lowest BCUT2D eigenvalue weighted by atomic mass is 10.0. The fourth-order valence-electron chi connectivity index (χ4n) is 2.81. The molecule has 24 heavy (non-hydrogen) atoms. The molecule has 6 nitrogen and oxygen atoms in total. The van der Waals surface area contributed by atoms with Crippen molar-refractivity contribution in [1.82, 2.24) is 5.32 Å². The Labute approximate surface area is 145 Å². The van der Waals surface area contributed by atoms with Crippen molar-refractivity contribution in [2.45, 2.75) is 32.1 Å². The molecule has 0 spiro atoms. The van der Waals surface area contributed by atoms with Gasteiger partial charge < -0.3 is 15.7 Å². The molecule has 0 aromatic heterocycles. The first-order valence-electron chi connectivity index (χ1n) is 8.01. The highest BCUT2D eigenvalue weighted by Crippen LogP contribution is 2.31. The summed E-state index contributed by atoms with van der Waals surface area (Å²) in [5.41, 5.74) is 0.680. The molecule has 0 aliphatic heterocycles. The summed E-state index contributed by atoms with van der Waals surface area (Å²) in [4.78, 5) is 34.6. The van der Waals surface area contributed by atoms with Gasteiger partial charge in [-0.1, -0.05) is 11.6 Å². The maximum Gasteiger partial charge on any atom is 0.306 e. The number of carboxylic acid groups (broad SMARTS) is 1. The van der Waals surface area contributed by atoms with Crippen molar-refractivity contribution in [3.05, 3.63) is 29.3 Å². The molecule has 0 saturated heterocycles. The van der Waals surface area contributed by atoms with E-state index in [1.807, 2.05) is 0 Å². The molecule has 1 aromatic rings. The van der Waals surface area contributed by atoms with Crippen LogP contribution in [-0.4, -0.2) is 29.4 Å². The van der Waals surface area contributed by atoms with Crippen molar-refractivity contribution in [2.75, 3.05) is 11.9 Å². The van der Waals surface area contributed by atoms with Crippen LogP contribution in [0.1, 0.15) is 32.1 Å². The molecule has 1 saturated carbocycles. The number of carbonyl (C=O) groups is 3. The van der Waals surface area contributed by atoms with Crippen LogP contribution in [0, 0.1) is 11.8 Å². The van der Waals surface area contributed by atoms with Crippen LogP contribution < -0.4 is 10.6 Å². The smallest absolute Gasteiger partial charge is 0.306 e. The average Bonchev–Trinajstić information content (AvgIpc) is 3.04. The maximum absolute atomic E-state index is 12.0. The van der Waals surface area contributed by atoms with E-state index in [0.717, 1.165) is 0 Å². The minimum Gasteiger partial charge on any atom is -0.481 e. The van der Waals surface area contributed by atoms with Crippen molar-refractivity contribution >= 4 is 35.1 Å². The van der Waals surface area contributed by atoms with Gasteiger partial charge in [-0.3, -0.25) is 14.4 Å². The standard InChI is InChI=1S/C17H21ClN2O4/c18-13-5-7-14(8-6-13)20-15(21)2-1-9-19-16(22)11-3-4-12(10-11)17(23)24/h5-8,11-12H,1-4,9-10H2,(H,19,22)(H,20,21)(H,23,24)/t11-,12+/m0/s1. The molecule has 0 radical (unpaired) electrons. The molecule has 2 atom stereocenters. The molecule has 7 heteroatoms. The van der Waals surface area contributed by atoms with E-state index in [0.29, 0.717) is 49.4 Å². The first-order chi connectivity index (χ1) is 11.5. The molecule has 1 aliphatic carbocycles. The summed E-state index contributed by atoms with van der Waals surface area (Å²) in [5.74, 6) is -1.71. The average molecular weight is 353 g/mol. The van der Waals surface area contributed by atoms with Gasteiger partial charge in [0, 0.05) is 29.6 Å². The number of carboxylic acids is 1. The topological polar surface area (TPSA) is 95.5 Å². The molecule has 130 valence electrons. The zero-order chi connectivity index (χ0) is 17.5. The van der Waals surface area contributed by atoms with Gasteiger partial charge >= 0.3 is 5.97 Å². The van der Waals surface area contributed by atoms with Crippen LogP contribution in [0.5, 0.6) is 0 Å². The minimum atomic E-state index is -0.829. The highest BCUT2D eigenvalue weighted by Gasteiger charge is 2.33. The van der Waals surface area contributed by atoms with E-state index >= 15 is 0 Å². The van der Waals surface area contributed by atoms with Gasteiger partial charge in [-0.2, -0.15) is 0 Å². The Kier molecular flexibility index (Phi) is 6.61. The molecular weight excluding hydrogens is 332 g/mol. The number of rotatable bonds is 7. The van der Waals surface area contributed by atoms with Crippen LogP contribution in [0.3, 0.4) is 0 Å². The molecule has 1 aliphatic rings. The van der Waals surface area contributed by atoms with Crippen LogP contribution in [-0.2, 0) is 14.4 Å². The Morgan fingerprint density at radius 1 is 1.12 bits per heavy atom. The van der Waals surface area contributed by atoms with E-state index in [9.17, 15) is 14.4 Å². The highest BCUT2D eigenvalue weighted by atomic mass is 35.5. The molecule has 3 N–H and O–H groups in total. The monoisotopic (exact) mass is 352 g/mol. The van der Waals surface area contributed by atoms with Crippen LogP contribution in [0.25, 0.3) is 0 Å². The summed E-state index contributed by atoms with van der Waals surface area (Å²) in [6.07, 6.45) is 2.39. The van der Waals surface area contributed by atoms with Crippen LogP contribution in [0.4, 0.5) is 5.69 Å². The summed E-state index contributed by atoms with van der Waals surface area (Å²) in [7, 11) is 0. The number of amides is 2. The number of hydrogen-bond acceptors (Lipinski definition) is 3. The molecule has 1 fully saturated rings. The van der Waals surface area contributed by atoms with E-state index in [1.54, 1.807) is 24.3 Å². The molecule has 0 bridgehead atoms. The van der Waals surface area contributed by atoms with Gasteiger partial charge in [-0.25, -0.2) is 0 Å². The van der Waals surface area contributed by atoms with E-state index < -0.39 is 11.9 Å². The number of carbonyl (C=O) groups excluding carboxylic acids is 2. The van der Waals surface area contributed by atoms with E-state index in [4.69, 9.17) is 16.7 Å². The predicted molar refractivity (Wildman–Crippen MR) is 90.8 cm³/mol. The fraction of sp³-hybridized carbons (Fsp3) is 0.471. The Bertz CT molecular complexity index is 603. The first kappa shape index (κ1) is 18.3. The predicted octanol–water partition coefficient (Wildman–Crippen LogP) is 2.68. The van der Waals surface area contributed by atoms with Crippen LogP contribution in [0.2, 0.25) is 5.02 Å². The highest BCUT2D eigenvalue weighted by molar-refractivity contribution is 6.30. The Balaban J connectivity index is 1.62. The molecule has 2 rings (SSSR count). The third-order valence-electron chi connectivity index (χ3n) is 4.16. The molecule has 2 amide bonds. The van der Waals surface area contributed by atoms with E-state index in [2.05, 4.69) is 10.6 Å². The molecule has 0 heterocycles. The van der Waals surface area contributed by atoms with Gasteiger partial charge in [0.05, 0.1) is 5.92 Å². The number of anilines is 1. The van der Waals surface area contributed by atoms with Crippen molar-refractivity contribution in [1.29, 1.82) is 0 Å². The number of halogens is 1. The Hall–Kier alpha value is -2.08. The van der Waals surface area contributed by atoms with Gasteiger partial charge in [0.25, 0.3) is 0 Å². The van der Waals surface area contributed by atoms with Gasteiger partial charge in [0.15, 0.2) is 0 Å². The second-order valence-corrected chi connectivity index (χ2v) is 6.43. The SMILES string of the molecule is O=C(CCCNC(=O)[C@H]1CC[C@@H](C(=O)O)C1)Nc1ccc(Cl)cc1. The zero-order valence-electron chi connectivity index (χ0n) is 13.3. The third kappa shape index (κ3) is 5.53. The Morgan fingerprint density at radius 2 is 1.79 bits per heavy atom. The van der Waals surface area contributed by atoms with Crippen molar-refractivity contribution in [2.24, 2.45) is 11.8 Å². The number of benzene rings is 1. The fourth-order valence-corrected chi connectivity index (χ4v) is 2.93. The van der Waals surface area contributed by atoms with Crippen molar-refractivity contribution in [3.63, 3.8) is 0 Å².